The molecule has 4 rings (SSSR count). The van der Waals surface area contributed by atoms with Crippen molar-refractivity contribution in [3.05, 3.63) is 77.9 Å². The van der Waals surface area contributed by atoms with E-state index < -0.39 is 0 Å². The number of carbonyl (C=O) groups excluding carboxylic acids is 2. The van der Waals surface area contributed by atoms with Gasteiger partial charge in [-0.1, -0.05) is 24.3 Å². The highest BCUT2D eigenvalue weighted by Gasteiger charge is 2.16. The zero-order valence-electron chi connectivity index (χ0n) is 17.0. The topological polar surface area (TPSA) is 85.9 Å². The third kappa shape index (κ3) is 4.95. The standard InChI is InChI=1S/C24H22N2O5/c1-29-18-6-4-5-17(14-18)25-24(28)19-7-2-3-8-20(19)26-23(27)12-10-16-9-11-21-22(13-16)31-15-30-21/h2-9,11,13-14H,10,12,15H2,1H3,(H,25,28)(H,26,27). The molecule has 0 fully saturated rings. The minimum atomic E-state index is -0.320. The van der Waals surface area contributed by atoms with Crippen LogP contribution in [0.2, 0.25) is 0 Å². The Morgan fingerprint density at radius 3 is 2.65 bits per heavy atom. The molecule has 3 aromatic rings. The van der Waals surface area contributed by atoms with Crippen LogP contribution in [0.25, 0.3) is 0 Å². The van der Waals surface area contributed by atoms with E-state index in [0.29, 0.717) is 40.6 Å². The second-order valence-corrected chi connectivity index (χ2v) is 6.97. The third-order valence-electron chi connectivity index (χ3n) is 4.85. The van der Waals surface area contributed by atoms with Crippen molar-refractivity contribution >= 4 is 23.2 Å². The molecule has 0 unspecified atom stereocenters. The van der Waals surface area contributed by atoms with Gasteiger partial charge in [-0.2, -0.15) is 0 Å². The summed E-state index contributed by atoms with van der Waals surface area (Å²) in [4.78, 5) is 25.3. The van der Waals surface area contributed by atoms with Crippen molar-refractivity contribution in [1.82, 2.24) is 0 Å². The Hall–Kier alpha value is -4.00. The highest BCUT2D eigenvalue weighted by molar-refractivity contribution is 6.10. The predicted octanol–water partition coefficient (Wildman–Crippen LogP) is 4.25. The van der Waals surface area contributed by atoms with Gasteiger partial charge in [0.05, 0.1) is 18.4 Å². The molecule has 1 heterocycles. The molecule has 0 aromatic heterocycles. The fraction of sp³-hybridized carbons (Fsp3) is 0.167. The summed E-state index contributed by atoms with van der Waals surface area (Å²) >= 11 is 0. The molecule has 7 heteroatoms. The number of nitrogens with one attached hydrogen (secondary N) is 2. The van der Waals surface area contributed by atoms with Gasteiger partial charge < -0.3 is 24.8 Å². The summed E-state index contributed by atoms with van der Waals surface area (Å²) in [7, 11) is 1.56. The van der Waals surface area contributed by atoms with Crippen LogP contribution in [0.3, 0.4) is 0 Å². The van der Waals surface area contributed by atoms with E-state index in [2.05, 4.69) is 10.6 Å². The molecule has 0 bridgehead atoms. The maximum absolute atomic E-state index is 12.8. The first kappa shape index (κ1) is 20.3. The van der Waals surface area contributed by atoms with Crippen LogP contribution in [0, 0.1) is 0 Å². The molecule has 1 aliphatic heterocycles. The van der Waals surface area contributed by atoms with E-state index in [9.17, 15) is 9.59 Å². The molecule has 3 aromatic carbocycles. The van der Waals surface area contributed by atoms with E-state index in [0.717, 1.165) is 5.56 Å². The Balaban J connectivity index is 1.39. The van der Waals surface area contributed by atoms with Crippen molar-refractivity contribution in [2.45, 2.75) is 12.8 Å². The van der Waals surface area contributed by atoms with Gasteiger partial charge in [-0.15, -0.1) is 0 Å². The minimum Gasteiger partial charge on any atom is -0.497 e. The molecule has 2 amide bonds. The van der Waals surface area contributed by atoms with E-state index in [-0.39, 0.29) is 25.0 Å². The van der Waals surface area contributed by atoms with Crippen LogP contribution in [-0.2, 0) is 11.2 Å². The summed E-state index contributed by atoms with van der Waals surface area (Å²) in [6.07, 6.45) is 0.812. The van der Waals surface area contributed by atoms with Gasteiger partial charge in [0, 0.05) is 18.2 Å². The Kier molecular flexibility index (Phi) is 6.03. The van der Waals surface area contributed by atoms with Crippen molar-refractivity contribution in [3.8, 4) is 17.2 Å². The lowest BCUT2D eigenvalue weighted by atomic mass is 10.1. The number of aryl methyl sites for hydroxylation is 1. The van der Waals surface area contributed by atoms with Gasteiger partial charge in [-0.25, -0.2) is 0 Å². The van der Waals surface area contributed by atoms with Crippen LogP contribution in [-0.4, -0.2) is 25.7 Å². The SMILES string of the molecule is COc1cccc(NC(=O)c2ccccc2NC(=O)CCc2ccc3c(c2)OCO3)c1. The van der Waals surface area contributed by atoms with Crippen LogP contribution in [0.1, 0.15) is 22.3 Å². The second kappa shape index (κ2) is 9.21. The Morgan fingerprint density at radius 2 is 1.77 bits per heavy atom. The molecule has 0 saturated heterocycles. The smallest absolute Gasteiger partial charge is 0.257 e. The molecular formula is C24H22N2O5. The van der Waals surface area contributed by atoms with Crippen LogP contribution in [0.5, 0.6) is 17.2 Å². The minimum absolute atomic E-state index is 0.181. The first-order valence-corrected chi connectivity index (χ1v) is 9.85. The van der Waals surface area contributed by atoms with Gasteiger partial charge in [0.25, 0.3) is 5.91 Å². The molecule has 0 aliphatic carbocycles. The third-order valence-corrected chi connectivity index (χ3v) is 4.85. The Bertz CT molecular complexity index is 1110. The van der Waals surface area contributed by atoms with Gasteiger partial charge in [0.2, 0.25) is 12.7 Å². The molecule has 0 atom stereocenters. The van der Waals surface area contributed by atoms with Crippen LogP contribution >= 0.6 is 0 Å². The molecule has 158 valence electrons. The van der Waals surface area contributed by atoms with Gasteiger partial charge in [0.1, 0.15) is 5.75 Å². The van der Waals surface area contributed by atoms with Crippen molar-refractivity contribution in [2.75, 3.05) is 24.5 Å². The van der Waals surface area contributed by atoms with Crippen LogP contribution in [0.15, 0.2) is 66.7 Å². The largest absolute Gasteiger partial charge is 0.497 e. The lowest BCUT2D eigenvalue weighted by Gasteiger charge is -2.12. The van der Waals surface area contributed by atoms with Gasteiger partial charge >= 0.3 is 0 Å². The van der Waals surface area contributed by atoms with E-state index in [1.54, 1.807) is 55.6 Å². The molecular weight excluding hydrogens is 396 g/mol. The first-order chi connectivity index (χ1) is 15.1. The summed E-state index contributed by atoms with van der Waals surface area (Å²) in [5.74, 6) is 1.55. The molecule has 7 nitrogen and oxygen atoms in total. The van der Waals surface area contributed by atoms with E-state index in [1.807, 2.05) is 18.2 Å². The maximum Gasteiger partial charge on any atom is 0.257 e. The van der Waals surface area contributed by atoms with Crippen molar-refractivity contribution in [2.24, 2.45) is 0 Å². The lowest BCUT2D eigenvalue weighted by molar-refractivity contribution is -0.116. The number of anilines is 2. The number of methoxy groups -OCH3 is 1. The first-order valence-electron chi connectivity index (χ1n) is 9.85. The summed E-state index contributed by atoms with van der Waals surface area (Å²) in [5.41, 5.74) is 2.41. The van der Waals surface area contributed by atoms with Crippen LogP contribution in [0.4, 0.5) is 11.4 Å². The van der Waals surface area contributed by atoms with Crippen LogP contribution < -0.4 is 24.8 Å². The van der Waals surface area contributed by atoms with Crippen molar-refractivity contribution < 1.29 is 23.8 Å². The molecule has 2 N–H and O–H groups in total. The van der Waals surface area contributed by atoms with E-state index in [1.165, 1.54) is 0 Å². The zero-order chi connectivity index (χ0) is 21.6. The summed E-state index contributed by atoms with van der Waals surface area (Å²) in [6, 6.07) is 19.6. The Morgan fingerprint density at radius 1 is 0.935 bits per heavy atom. The molecule has 1 aliphatic rings. The summed E-state index contributed by atoms with van der Waals surface area (Å²) < 4.78 is 15.9. The zero-order valence-corrected chi connectivity index (χ0v) is 17.0. The summed E-state index contributed by atoms with van der Waals surface area (Å²) in [6.45, 7) is 0.216. The number of benzene rings is 3. The summed E-state index contributed by atoms with van der Waals surface area (Å²) in [5, 5.41) is 5.67. The number of rotatable bonds is 7. The van der Waals surface area contributed by atoms with Gasteiger partial charge in [0.15, 0.2) is 11.5 Å². The monoisotopic (exact) mass is 418 g/mol. The fourth-order valence-electron chi connectivity index (χ4n) is 3.26. The van der Waals surface area contributed by atoms with E-state index in [4.69, 9.17) is 14.2 Å². The predicted molar refractivity (Wildman–Crippen MR) is 117 cm³/mol. The molecule has 0 radical (unpaired) electrons. The highest BCUT2D eigenvalue weighted by atomic mass is 16.7. The van der Waals surface area contributed by atoms with Crippen molar-refractivity contribution in [3.63, 3.8) is 0 Å². The Labute approximate surface area is 179 Å². The lowest BCUT2D eigenvalue weighted by Crippen LogP contribution is -2.18. The number of hydrogen-bond donors (Lipinski definition) is 2. The molecule has 31 heavy (non-hydrogen) atoms. The van der Waals surface area contributed by atoms with Gasteiger partial charge in [-0.05, 0) is 48.4 Å². The average Bonchev–Trinajstić information content (AvgIpc) is 3.26. The average molecular weight is 418 g/mol. The number of hydrogen-bond acceptors (Lipinski definition) is 5. The molecule has 0 spiro atoms. The number of carbonyl (C=O) groups is 2. The molecule has 0 saturated carbocycles. The number of para-hydroxylation sites is 1. The van der Waals surface area contributed by atoms with E-state index >= 15 is 0 Å². The second-order valence-electron chi connectivity index (χ2n) is 6.97. The fourth-order valence-corrected chi connectivity index (χ4v) is 3.26. The maximum atomic E-state index is 12.8. The number of ether oxygens (including phenoxy) is 3. The van der Waals surface area contributed by atoms with Crippen molar-refractivity contribution in [1.29, 1.82) is 0 Å². The van der Waals surface area contributed by atoms with Gasteiger partial charge in [-0.3, -0.25) is 9.59 Å². The quantitative estimate of drug-likeness (QED) is 0.599. The normalized spacial score (nSPS) is 11.6. The highest BCUT2D eigenvalue weighted by Crippen LogP contribution is 2.32. The number of fused-ring (bicyclic) bond motifs is 1. The number of amides is 2.